The van der Waals surface area contributed by atoms with Gasteiger partial charge in [0.2, 0.25) is 0 Å². The molecule has 0 N–H and O–H groups in total. The second kappa shape index (κ2) is 3.06. The van der Waals surface area contributed by atoms with Gasteiger partial charge in [0.1, 0.15) is 5.82 Å². The Morgan fingerprint density at radius 2 is 2.25 bits per heavy atom. The molecule has 1 aromatic rings. The lowest BCUT2D eigenvalue weighted by Crippen LogP contribution is -1.93. The highest BCUT2D eigenvalue weighted by atomic mass is 35.7. The number of hydrogen-bond donors (Lipinski definition) is 0. The molecule has 0 saturated carbocycles. The number of nitrogens with zero attached hydrogens (tertiary/aromatic N) is 2. The largest absolute Gasteiger partial charge is 0.334 e. The van der Waals surface area contributed by atoms with Crippen LogP contribution in [0.5, 0.6) is 0 Å². The van der Waals surface area contributed by atoms with E-state index in [4.69, 9.17) is 10.7 Å². The summed E-state index contributed by atoms with van der Waals surface area (Å²) in [7, 11) is 1.42. The number of imidazole rings is 1. The van der Waals surface area contributed by atoms with E-state index in [9.17, 15) is 8.42 Å². The molecule has 0 atom stereocenters. The van der Waals surface area contributed by atoms with Crippen LogP contribution in [0.15, 0.2) is 11.2 Å². The number of aromatic nitrogens is 2. The lowest BCUT2D eigenvalue weighted by atomic mass is 10.6. The summed E-state index contributed by atoms with van der Waals surface area (Å²) >= 11 is 0. The minimum Gasteiger partial charge on any atom is -0.334 e. The van der Waals surface area contributed by atoms with Gasteiger partial charge in [-0.15, -0.1) is 0 Å². The van der Waals surface area contributed by atoms with Gasteiger partial charge in [-0.05, 0) is 13.8 Å². The van der Waals surface area contributed by atoms with Gasteiger partial charge < -0.3 is 4.57 Å². The molecule has 4 nitrogen and oxygen atoms in total. The molecule has 0 radical (unpaired) electrons. The topological polar surface area (TPSA) is 52.0 Å². The van der Waals surface area contributed by atoms with Crippen LogP contribution < -0.4 is 0 Å². The normalized spacial score (nSPS) is 11.9. The summed E-state index contributed by atoms with van der Waals surface area (Å²) in [6, 6.07) is 0. The molecule has 1 heterocycles. The second-order valence-electron chi connectivity index (χ2n) is 2.35. The van der Waals surface area contributed by atoms with E-state index in [2.05, 4.69) is 4.98 Å². The van der Waals surface area contributed by atoms with Crippen molar-refractivity contribution in [1.29, 1.82) is 0 Å². The zero-order valence-corrected chi connectivity index (χ0v) is 8.35. The fourth-order valence-corrected chi connectivity index (χ4v) is 1.63. The predicted molar refractivity (Wildman–Crippen MR) is 45.7 cm³/mol. The van der Waals surface area contributed by atoms with Crippen LogP contribution in [0.1, 0.15) is 12.7 Å². The van der Waals surface area contributed by atoms with Crippen molar-refractivity contribution in [2.45, 2.75) is 25.4 Å². The maximum Gasteiger partial charge on any atom is 0.280 e. The first kappa shape index (κ1) is 9.54. The van der Waals surface area contributed by atoms with Crippen molar-refractivity contribution in [1.82, 2.24) is 9.55 Å². The Kier molecular flexibility index (Phi) is 2.44. The zero-order valence-electron chi connectivity index (χ0n) is 6.78. The van der Waals surface area contributed by atoms with Crippen LogP contribution in [0, 0.1) is 6.92 Å². The van der Waals surface area contributed by atoms with Crippen LogP contribution in [-0.2, 0) is 15.6 Å². The van der Waals surface area contributed by atoms with Gasteiger partial charge in [-0.1, -0.05) is 0 Å². The molecule has 12 heavy (non-hydrogen) atoms. The first-order valence-corrected chi connectivity index (χ1v) is 5.74. The van der Waals surface area contributed by atoms with Gasteiger partial charge in [-0.25, -0.2) is 13.4 Å². The lowest BCUT2D eigenvalue weighted by Gasteiger charge is -1.95. The summed E-state index contributed by atoms with van der Waals surface area (Å²) < 4.78 is 23.3. The molecular formula is C6H9ClN2O2S. The van der Waals surface area contributed by atoms with E-state index in [1.807, 2.05) is 6.92 Å². The Hall–Kier alpha value is -0.550. The van der Waals surface area contributed by atoms with Crippen LogP contribution in [0.25, 0.3) is 0 Å². The van der Waals surface area contributed by atoms with E-state index < -0.39 is 9.05 Å². The molecular weight excluding hydrogens is 200 g/mol. The summed E-state index contributed by atoms with van der Waals surface area (Å²) in [5, 5.41) is -0.0801. The third kappa shape index (κ3) is 1.78. The third-order valence-electron chi connectivity index (χ3n) is 1.54. The molecule has 1 rings (SSSR count). The average molecular weight is 209 g/mol. The summed E-state index contributed by atoms with van der Waals surface area (Å²) in [6.45, 7) is 4.32. The molecule has 0 aliphatic carbocycles. The molecule has 68 valence electrons. The first-order valence-electron chi connectivity index (χ1n) is 3.43. The van der Waals surface area contributed by atoms with Crippen LogP contribution in [0.4, 0.5) is 0 Å². The van der Waals surface area contributed by atoms with Gasteiger partial charge >= 0.3 is 0 Å². The Morgan fingerprint density at radius 3 is 2.50 bits per heavy atom. The minimum absolute atomic E-state index is 0.0801. The Bertz CT molecular complexity index is 382. The van der Waals surface area contributed by atoms with Gasteiger partial charge in [0, 0.05) is 23.4 Å². The number of halogens is 1. The van der Waals surface area contributed by atoms with Gasteiger partial charge in [0.15, 0.2) is 5.03 Å². The van der Waals surface area contributed by atoms with Crippen LogP contribution in [-0.4, -0.2) is 18.0 Å². The van der Waals surface area contributed by atoms with E-state index in [1.54, 1.807) is 11.5 Å². The van der Waals surface area contributed by atoms with Crippen molar-refractivity contribution in [3.8, 4) is 0 Å². The first-order chi connectivity index (χ1) is 5.45. The molecule has 0 aliphatic rings. The van der Waals surface area contributed by atoms with Gasteiger partial charge in [0.05, 0.1) is 0 Å². The molecule has 0 amide bonds. The fourth-order valence-electron chi connectivity index (χ4n) is 0.917. The molecule has 0 spiro atoms. The van der Waals surface area contributed by atoms with E-state index >= 15 is 0 Å². The van der Waals surface area contributed by atoms with Crippen molar-refractivity contribution in [3.63, 3.8) is 0 Å². The number of hydrogen-bond acceptors (Lipinski definition) is 3. The average Bonchev–Trinajstić information content (AvgIpc) is 2.29. The molecule has 1 aromatic heterocycles. The summed E-state index contributed by atoms with van der Waals surface area (Å²) in [5.74, 6) is 0.650. The van der Waals surface area contributed by atoms with Crippen LogP contribution in [0.2, 0.25) is 0 Å². The van der Waals surface area contributed by atoms with E-state index in [1.165, 1.54) is 6.20 Å². The Balaban J connectivity index is 3.23. The minimum atomic E-state index is -3.67. The van der Waals surface area contributed by atoms with E-state index in [0.29, 0.717) is 12.4 Å². The molecule has 0 fully saturated rings. The predicted octanol–water partition coefficient (Wildman–Crippen LogP) is 1.14. The van der Waals surface area contributed by atoms with Crippen molar-refractivity contribution >= 4 is 19.7 Å². The fraction of sp³-hybridized carbons (Fsp3) is 0.500. The van der Waals surface area contributed by atoms with Crippen LogP contribution in [0.3, 0.4) is 0 Å². The number of aryl methyl sites for hydroxylation is 2. The zero-order chi connectivity index (χ0) is 9.35. The SMILES string of the molecule is CCn1cc(S(=O)(=O)Cl)nc1C. The third-order valence-corrected chi connectivity index (χ3v) is 2.72. The smallest absolute Gasteiger partial charge is 0.280 e. The standard InChI is InChI=1S/C6H9ClN2O2S/c1-3-9-4-6(8-5(9)2)12(7,10)11/h4H,3H2,1-2H3. The van der Waals surface area contributed by atoms with Crippen molar-refractivity contribution in [2.75, 3.05) is 0 Å². The molecule has 0 saturated heterocycles. The second-order valence-corrected chi connectivity index (χ2v) is 4.86. The molecule has 0 aromatic carbocycles. The van der Waals surface area contributed by atoms with Gasteiger partial charge in [-0.2, -0.15) is 0 Å². The Morgan fingerprint density at radius 1 is 1.67 bits per heavy atom. The van der Waals surface area contributed by atoms with Crippen molar-refractivity contribution in [3.05, 3.63) is 12.0 Å². The molecule has 0 unspecified atom stereocenters. The number of rotatable bonds is 2. The van der Waals surface area contributed by atoms with Crippen molar-refractivity contribution in [2.24, 2.45) is 0 Å². The molecule has 6 heteroatoms. The highest BCUT2D eigenvalue weighted by Gasteiger charge is 2.14. The maximum absolute atomic E-state index is 10.8. The van der Waals surface area contributed by atoms with Crippen LogP contribution >= 0.6 is 10.7 Å². The van der Waals surface area contributed by atoms with Gasteiger partial charge in [0.25, 0.3) is 9.05 Å². The monoisotopic (exact) mass is 208 g/mol. The van der Waals surface area contributed by atoms with Crippen molar-refractivity contribution < 1.29 is 8.42 Å². The molecule has 0 aliphatic heterocycles. The highest BCUT2D eigenvalue weighted by Crippen LogP contribution is 2.13. The Labute approximate surface area is 75.6 Å². The maximum atomic E-state index is 10.8. The van der Waals surface area contributed by atoms with E-state index in [-0.39, 0.29) is 5.03 Å². The lowest BCUT2D eigenvalue weighted by molar-refractivity contribution is 0.606. The summed E-state index contributed by atoms with van der Waals surface area (Å²) in [5.41, 5.74) is 0. The summed E-state index contributed by atoms with van der Waals surface area (Å²) in [6.07, 6.45) is 1.43. The molecule has 0 bridgehead atoms. The highest BCUT2D eigenvalue weighted by molar-refractivity contribution is 8.13. The van der Waals surface area contributed by atoms with E-state index in [0.717, 1.165) is 0 Å². The summed E-state index contributed by atoms with van der Waals surface area (Å²) in [4.78, 5) is 3.80. The van der Waals surface area contributed by atoms with Gasteiger partial charge in [-0.3, -0.25) is 0 Å². The quantitative estimate of drug-likeness (QED) is 0.685.